The Bertz CT molecular complexity index is 837. The van der Waals surface area contributed by atoms with Gasteiger partial charge in [-0.25, -0.2) is 9.78 Å². The fourth-order valence-corrected chi connectivity index (χ4v) is 3.20. The van der Waals surface area contributed by atoms with Gasteiger partial charge in [0.25, 0.3) is 0 Å². The third kappa shape index (κ3) is 2.04. The van der Waals surface area contributed by atoms with Crippen molar-refractivity contribution in [3.63, 3.8) is 0 Å². The first-order valence-electron chi connectivity index (χ1n) is 5.57. The number of hydrogen-bond donors (Lipinski definition) is 1. The van der Waals surface area contributed by atoms with E-state index < -0.39 is 6.09 Å². The molecule has 0 atom stereocenters. The average molecular weight is 351 g/mol. The van der Waals surface area contributed by atoms with Crippen LogP contribution in [0.15, 0.2) is 40.4 Å². The summed E-state index contributed by atoms with van der Waals surface area (Å²) in [5.74, 6) is -0.281. The van der Waals surface area contributed by atoms with Crippen LogP contribution in [0.1, 0.15) is 15.4 Å². The summed E-state index contributed by atoms with van der Waals surface area (Å²) >= 11 is 4.41. The predicted octanol–water partition coefficient (Wildman–Crippen LogP) is 3.62. The summed E-state index contributed by atoms with van der Waals surface area (Å²) in [6.45, 7) is 0. The highest BCUT2D eigenvalue weighted by atomic mass is 79.9. The van der Waals surface area contributed by atoms with Gasteiger partial charge in [-0.05, 0) is 22.0 Å². The van der Waals surface area contributed by atoms with Crippen LogP contribution in [0.25, 0.3) is 10.9 Å². The fraction of sp³-hybridized carbons (Fsp3) is 0. The smallest absolute Gasteiger partial charge is 0.416 e. The van der Waals surface area contributed by atoms with Gasteiger partial charge in [-0.1, -0.05) is 18.2 Å². The Labute approximate surface area is 125 Å². The number of aromatic nitrogens is 2. The summed E-state index contributed by atoms with van der Waals surface area (Å²) < 4.78 is 1.64. The Kier molecular flexibility index (Phi) is 3.15. The quantitative estimate of drug-likeness (QED) is 0.716. The fourth-order valence-electron chi connectivity index (χ4n) is 1.99. The van der Waals surface area contributed by atoms with E-state index in [0.717, 1.165) is 4.57 Å². The van der Waals surface area contributed by atoms with E-state index in [1.54, 1.807) is 29.6 Å². The molecule has 2 aromatic heterocycles. The average Bonchev–Trinajstić information content (AvgIpc) is 3.02. The number of carbonyl (C=O) groups is 2. The summed E-state index contributed by atoms with van der Waals surface area (Å²) in [7, 11) is 0. The van der Waals surface area contributed by atoms with Crippen molar-refractivity contribution in [3.8, 4) is 0 Å². The largest absolute Gasteiger partial charge is 0.464 e. The SMILES string of the molecule is O=C(c1nc(Br)cs1)c1cn(C(=O)O)c2ccccc12. The molecule has 1 aromatic carbocycles. The molecule has 0 amide bonds. The highest BCUT2D eigenvalue weighted by Crippen LogP contribution is 2.25. The van der Waals surface area contributed by atoms with E-state index in [1.807, 2.05) is 0 Å². The zero-order valence-electron chi connectivity index (χ0n) is 9.91. The van der Waals surface area contributed by atoms with Crippen LogP contribution >= 0.6 is 27.3 Å². The summed E-state index contributed by atoms with van der Waals surface area (Å²) in [5, 5.41) is 11.8. The third-order valence-corrected chi connectivity index (χ3v) is 4.38. The number of hydrogen-bond acceptors (Lipinski definition) is 4. The molecule has 3 rings (SSSR count). The van der Waals surface area contributed by atoms with Gasteiger partial charge in [-0.15, -0.1) is 11.3 Å². The number of carboxylic acid groups (broad SMARTS) is 1. The molecule has 5 nitrogen and oxygen atoms in total. The number of fused-ring (bicyclic) bond motifs is 1. The zero-order chi connectivity index (χ0) is 14.3. The Morgan fingerprint density at radius 3 is 2.70 bits per heavy atom. The van der Waals surface area contributed by atoms with E-state index >= 15 is 0 Å². The van der Waals surface area contributed by atoms with Crippen molar-refractivity contribution in [1.29, 1.82) is 0 Å². The molecular formula is C13H7BrN2O3S. The number of thiazole rings is 1. The second kappa shape index (κ2) is 4.84. The van der Waals surface area contributed by atoms with E-state index in [0.29, 0.717) is 26.1 Å². The minimum atomic E-state index is -1.12. The normalized spacial score (nSPS) is 10.8. The lowest BCUT2D eigenvalue weighted by molar-refractivity contribution is 0.104. The van der Waals surface area contributed by atoms with Gasteiger partial charge in [-0.2, -0.15) is 0 Å². The topological polar surface area (TPSA) is 72.2 Å². The number of benzene rings is 1. The second-order valence-corrected chi connectivity index (χ2v) is 5.69. The maximum atomic E-state index is 12.4. The van der Waals surface area contributed by atoms with Crippen molar-refractivity contribution in [2.24, 2.45) is 0 Å². The van der Waals surface area contributed by atoms with E-state index in [2.05, 4.69) is 20.9 Å². The van der Waals surface area contributed by atoms with Crippen molar-refractivity contribution < 1.29 is 14.7 Å². The zero-order valence-corrected chi connectivity index (χ0v) is 12.3. The molecule has 0 saturated carbocycles. The minimum Gasteiger partial charge on any atom is -0.464 e. The molecule has 0 aliphatic carbocycles. The lowest BCUT2D eigenvalue weighted by Gasteiger charge is -1.95. The maximum Gasteiger partial charge on any atom is 0.416 e. The highest BCUT2D eigenvalue weighted by Gasteiger charge is 2.20. The first-order chi connectivity index (χ1) is 9.58. The number of carbonyl (C=O) groups excluding carboxylic acids is 1. The van der Waals surface area contributed by atoms with E-state index in [9.17, 15) is 14.7 Å². The maximum absolute atomic E-state index is 12.4. The van der Waals surface area contributed by atoms with E-state index in [1.165, 1.54) is 17.5 Å². The first kappa shape index (κ1) is 13.0. The number of nitrogens with zero attached hydrogens (tertiary/aromatic N) is 2. The summed E-state index contributed by atoms with van der Waals surface area (Å²) in [5.41, 5.74) is 0.823. The van der Waals surface area contributed by atoms with Gasteiger partial charge < -0.3 is 5.11 Å². The standard InChI is InChI=1S/C13H7BrN2O3S/c14-10-6-20-12(15-10)11(17)8-5-16(13(18)19)9-4-2-1-3-7(8)9/h1-6H,(H,18,19). The molecule has 2 heterocycles. The molecule has 0 unspecified atom stereocenters. The van der Waals surface area contributed by atoms with Gasteiger partial charge >= 0.3 is 6.09 Å². The Hall–Kier alpha value is -1.99. The minimum absolute atomic E-state index is 0.281. The molecule has 7 heteroatoms. The molecule has 0 aliphatic heterocycles. The van der Waals surface area contributed by atoms with Gasteiger partial charge in [0.1, 0.15) is 4.60 Å². The Balaban J connectivity index is 2.21. The monoisotopic (exact) mass is 350 g/mol. The van der Waals surface area contributed by atoms with Crippen molar-refractivity contribution in [2.45, 2.75) is 0 Å². The second-order valence-electron chi connectivity index (χ2n) is 4.02. The Morgan fingerprint density at radius 1 is 1.30 bits per heavy atom. The molecule has 100 valence electrons. The number of ketones is 1. The van der Waals surface area contributed by atoms with Gasteiger partial charge in [0.15, 0.2) is 5.01 Å². The molecule has 3 aromatic rings. The third-order valence-electron chi connectivity index (χ3n) is 2.83. The van der Waals surface area contributed by atoms with Gasteiger partial charge in [0.05, 0.1) is 11.1 Å². The molecule has 0 aliphatic rings. The van der Waals surface area contributed by atoms with Crippen LogP contribution in [0.4, 0.5) is 4.79 Å². The molecule has 0 fully saturated rings. The van der Waals surface area contributed by atoms with Crippen molar-refractivity contribution in [3.05, 3.63) is 51.0 Å². The van der Waals surface area contributed by atoms with E-state index in [4.69, 9.17) is 0 Å². The lowest BCUT2D eigenvalue weighted by atomic mass is 10.1. The summed E-state index contributed by atoms with van der Waals surface area (Å²) in [6.07, 6.45) is 0.213. The Morgan fingerprint density at radius 2 is 2.05 bits per heavy atom. The van der Waals surface area contributed by atoms with Crippen LogP contribution in [0, 0.1) is 0 Å². The molecule has 0 radical (unpaired) electrons. The number of halogens is 1. The molecule has 0 bridgehead atoms. The predicted molar refractivity (Wildman–Crippen MR) is 78.6 cm³/mol. The molecule has 20 heavy (non-hydrogen) atoms. The lowest BCUT2D eigenvalue weighted by Crippen LogP contribution is -2.06. The molecule has 0 saturated heterocycles. The molecule has 0 spiro atoms. The van der Waals surface area contributed by atoms with Crippen LogP contribution in [0.2, 0.25) is 0 Å². The van der Waals surface area contributed by atoms with Gasteiger partial charge in [0.2, 0.25) is 5.78 Å². The highest BCUT2D eigenvalue weighted by molar-refractivity contribution is 9.10. The van der Waals surface area contributed by atoms with E-state index in [-0.39, 0.29) is 5.78 Å². The number of rotatable bonds is 2. The molecule has 1 N–H and O–H groups in total. The van der Waals surface area contributed by atoms with Crippen molar-refractivity contribution in [2.75, 3.05) is 0 Å². The number of para-hydroxylation sites is 1. The van der Waals surface area contributed by atoms with Crippen LogP contribution in [-0.2, 0) is 0 Å². The summed E-state index contributed by atoms with van der Waals surface area (Å²) in [4.78, 5) is 27.7. The van der Waals surface area contributed by atoms with Crippen LogP contribution in [0.3, 0.4) is 0 Å². The van der Waals surface area contributed by atoms with Crippen LogP contribution in [0.5, 0.6) is 0 Å². The van der Waals surface area contributed by atoms with Gasteiger partial charge in [-0.3, -0.25) is 9.36 Å². The summed E-state index contributed by atoms with van der Waals surface area (Å²) in [6, 6.07) is 6.89. The first-order valence-corrected chi connectivity index (χ1v) is 7.24. The van der Waals surface area contributed by atoms with Crippen molar-refractivity contribution >= 4 is 50.0 Å². The van der Waals surface area contributed by atoms with Gasteiger partial charge in [0, 0.05) is 17.0 Å². The van der Waals surface area contributed by atoms with Crippen molar-refractivity contribution in [1.82, 2.24) is 9.55 Å². The molecular weight excluding hydrogens is 344 g/mol. The van der Waals surface area contributed by atoms with Crippen LogP contribution < -0.4 is 0 Å². The van der Waals surface area contributed by atoms with Crippen LogP contribution in [-0.4, -0.2) is 26.5 Å².